The number of hydrogen-bond acceptors (Lipinski definition) is 6. The molecule has 0 atom stereocenters. The fourth-order valence-corrected chi connectivity index (χ4v) is 2.35. The molecular formula is C19H22N2O6. The quantitative estimate of drug-likeness (QED) is 0.713. The van der Waals surface area contributed by atoms with Gasteiger partial charge in [-0.1, -0.05) is 6.07 Å². The van der Waals surface area contributed by atoms with Crippen molar-refractivity contribution in [1.82, 2.24) is 4.90 Å². The Balaban J connectivity index is 2.08. The monoisotopic (exact) mass is 374 g/mol. The zero-order chi connectivity index (χ0) is 19.6. The van der Waals surface area contributed by atoms with Crippen LogP contribution >= 0.6 is 0 Å². The smallest absolute Gasteiger partial charge is 0.337 e. The molecule has 1 N–H and O–H groups in total. The molecule has 1 aromatic carbocycles. The zero-order valence-corrected chi connectivity index (χ0v) is 15.3. The highest BCUT2D eigenvalue weighted by Gasteiger charge is 2.18. The van der Waals surface area contributed by atoms with Crippen LogP contribution in [0.4, 0.5) is 10.5 Å². The number of benzene rings is 1. The van der Waals surface area contributed by atoms with Crippen molar-refractivity contribution in [3.05, 3.63) is 54.0 Å². The molecule has 0 aliphatic rings. The first-order valence-corrected chi connectivity index (χ1v) is 8.45. The van der Waals surface area contributed by atoms with Gasteiger partial charge in [0.15, 0.2) is 0 Å². The summed E-state index contributed by atoms with van der Waals surface area (Å²) in [5, 5.41) is 2.71. The molecule has 0 aliphatic heterocycles. The van der Waals surface area contributed by atoms with Crippen molar-refractivity contribution < 1.29 is 28.3 Å². The van der Waals surface area contributed by atoms with Crippen molar-refractivity contribution in [2.75, 3.05) is 25.6 Å². The van der Waals surface area contributed by atoms with E-state index in [1.807, 2.05) is 0 Å². The van der Waals surface area contributed by atoms with E-state index in [-0.39, 0.29) is 32.1 Å². The van der Waals surface area contributed by atoms with E-state index in [4.69, 9.17) is 9.15 Å². The Hall–Kier alpha value is -3.29. The molecule has 0 saturated heterocycles. The van der Waals surface area contributed by atoms with E-state index in [9.17, 15) is 14.4 Å². The minimum absolute atomic E-state index is 0.0597. The molecule has 1 heterocycles. The van der Waals surface area contributed by atoms with Crippen molar-refractivity contribution in [2.45, 2.75) is 19.9 Å². The predicted octanol–water partition coefficient (Wildman–Crippen LogP) is 3.05. The number of carbonyl (C=O) groups excluding carboxylic acids is 3. The van der Waals surface area contributed by atoms with Crippen LogP contribution in [0.3, 0.4) is 0 Å². The topological polar surface area (TPSA) is 98.1 Å². The lowest BCUT2D eigenvalue weighted by Crippen LogP contribution is -2.36. The molecule has 0 fully saturated rings. The summed E-state index contributed by atoms with van der Waals surface area (Å²) >= 11 is 0. The molecule has 8 heteroatoms. The van der Waals surface area contributed by atoms with Gasteiger partial charge in [-0.2, -0.15) is 0 Å². The van der Waals surface area contributed by atoms with Gasteiger partial charge in [-0.05, 0) is 37.3 Å². The van der Waals surface area contributed by atoms with Crippen LogP contribution in [0.25, 0.3) is 0 Å². The van der Waals surface area contributed by atoms with Crippen LogP contribution in [0.15, 0.2) is 47.1 Å². The lowest BCUT2D eigenvalue weighted by molar-refractivity contribution is -0.143. The first kappa shape index (κ1) is 20.0. The average molecular weight is 374 g/mol. The van der Waals surface area contributed by atoms with E-state index in [1.165, 1.54) is 24.3 Å². The lowest BCUT2D eigenvalue weighted by Gasteiger charge is -2.22. The highest BCUT2D eigenvalue weighted by Crippen LogP contribution is 2.14. The van der Waals surface area contributed by atoms with Gasteiger partial charge < -0.3 is 24.1 Å². The van der Waals surface area contributed by atoms with Crippen molar-refractivity contribution in [3.8, 4) is 0 Å². The van der Waals surface area contributed by atoms with Crippen LogP contribution in [0, 0.1) is 0 Å². The SMILES string of the molecule is CCOC(=O)CCN(Cc1ccco1)C(=O)Nc1cccc(C(=O)OC)c1. The molecule has 0 bridgehead atoms. The maximum absolute atomic E-state index is 12.7. The van der Waals surface area contributed by atoms with Gasteiger partial charge >= 0.3 is 18.0 Å². The van der Waals surface area contributed by atoms with Gasteiger partial charge in [-0.25, -0.2) is 9.59 Å². The highest BCUT2D eigenvalue weighted by atomic mass is 16.5. The number of anilines is 1. The third-order valence-electron chi connectivity index (χ3n) is 3.64. The molecule has 2 rings (SSSR count). The van der Waals surface area contributed by atoms with Crippen LogP contribution in [-0.2, 0) is 20.8 Å². The first-order valence-electron chi connectivity index (χ1n) is 8.45. The Morgan fingerprint density at radius 1 is 1.19 bits per heavy atom. The Morgan fingerprint density at radius 3 is 2.67 bits per heavy atom. The molecule has 0 unspecified atom stereocenters. The number of methoxy groups -OCH3 is 1. The van der Waals surface area contributed by atoms with Gasteiger partial charge in [0.05, 0.1) is 38.5 Å². The summed E-state index contributed by atoms with van der Waals surface area (Å²) in [7, 11) is 1.29. The van der Waals surface area contributed by atoms with Crippen molar-refractivity contribution in [1.29, 1.82) is 0 Å². The molecule has 27 heavy (non-hydrogen) atoms. The zero-order valence-electron chi connectivity index (χ0n) is 15.3. The summed E-state index contributed by atoms with van der Waals surface area (Å²) in [5.74, 6) is -0.305. The Morgan fingerprint density at radius 2 is 2.00 bits per heavy atom. The highest BCUT2D eigenvalue weighted by molar-refractivity contribution is 5.94. The van der Waals surface area contributed by atoms with Crippen molar-refractivity contribution in [2.24, 2.45) is 0 Å². The molecule has 2 amide bonds. The minimum Gasteiger partial charge on any atom is -0.467 e. The number of nitrogens with one attached hydrogen (secondary N) is 1. The van der Waals surface area contributed by atoms with Gasteiger partial charge in [0, 0.05) is 12.2 Å². The number of rotatable bonds is 8. The van der Waals surface area contributed by atoms with E-state index in [2.05, 4.69) is 10.1 Å². The molecule has 8 nitrogen and oxygen atoms in total. The lowest BCUT2D eigenvalue weighted by atomic mass is 10.2. The number of amides is 2. The maximum atomic E-state index is 12.7. The second-order valence-corrected chi connectivity index (χ2v) is 5.56. The third kappa shape index (κ3) is 6.18. The number of urea groups is 1. The number of carbonyl (C=O) groups is 3. The van der Waals surface area contributed by atoms with Crippen LogP contribution in [0.1, 0.15) is 29.5 Å². The maximum Gasteiger partial charge on any atom is 0.337 e. The second kappa shape index (κ2) is 10.0. The van der Waals surface area contributed by atoms with Crippen LogP contribution in [0.2, 0.25) is 0 Å². The summed E-state index contributed by atoms with van der Waals surface area (Å²) in [6.45, 7) is 2.35. The third-order valence-corrected chi connectivity index (χ3v) is 3.64. The molecule has 1 aromatic heterocycles. The normalized spacial score (nSPS) is 10.1. The van der Waals surface area contributed by atoms with Crippen molar-refractivity contribution >= 4 is 23.7 Å². The van der Waals surface area contributed by atoms with E-state index >= 15 is 0 Å². The van der Waals surface area contributed by atoms with Gasteiger partial charge in [-0.15, -0.1) is 0 Å². The summed E-state index contributed by atoms with van der Waals surface area (Å²) < 4.78 is 14.9. The first-order chi connectivity index (χ1) is 13.0. The van der Waals surface area contributed by atoms with E-state index < -0.39 is 12.0 Å². The molecule has 2 aromatic rings. The van der Waals surface area contributed by atoms with Gasteiger partial charge in [-0.3, -0.25) is 4.79 Å². The summed E-state index contributed by atoms with van der Waals surface area (Å²) in [5.41, 5.74) is 0.753. The average Bonchev–Trinajstić information content (AvgIpc) is 3.18. The fourth-order valence-electron chi connectivity index (χ4n) is 2.35. The molecule has 144 valence electrons. The number of esters is 2. The number of furan rings is 1. The second-order valence-electron chi connectivity index (χ2n) is 5.56. The van der Waals surface area contributed by atoms with Gasteiger partial charge in [0.2, 0.25) is 0 Å². The fraction of sp³-hybridized carbons (Fsp3) is 0.316. The standard InChI is InChI=1S/C19H22N2O6/c1-3-26-17(22)9-10-21(13-16-8-5-11-27-16)19(24)20-15-7-4-6-14(12-15)18(23)25-2/h4-8,11-12H,3,9-10,13H2,1-2H3,(H,20,24). The molecule has 0 saturated carbocycles. The summed E-state index contributed by atoms with van der Waals surface area (Å²) in [4.78, 5) is 37.4. The molecule has 0 radical (unpaired) electrons. The summed E-state index contributed by atoms with van der Waals surface area (Å²) in [6.07, 6.45) is 1.57. The molecule has 0 aliphatic carbocycles. The predicted molar refractivity (Wildman–Crippen MR) is 97.2 cm³/mol. The Labute approximate surface area is 157 Å². The van der Waals surface area contributed by atoms with E-state index in [1.54, 1.807) is 37.3 Å². The van der Waals surface area contributed by atoms with E-state index in [0.29, 0.717) is 17.0 Å². The molecule has 0 spiro atoms. The Kier molecular flexibility index (Phi) is 7.42. The van der Waals surface area contributed by atoms with Crippen LogP contribution in [-0.4, -0.2) is 43.1 Å². The minimum atomic E-state index is -0.499. The van der Waals surface area contributed by atoms with E-state index in [0.717, 1.165) is 0 Å². The number of hydrogen-bond donors (Lipinski definition) is 1. The van der Waals surface area contributed by atoms with Crippen molar-refractivity contribution in [3.63, 3.8) is 0 Å². The van der Waals surface area contributed by atoms with Gasteiger partial charge in [0.25, 0.3) is 0 Å². The van der Waals surface area contributed by atoms with Gasteiger partial charge in [0.1, 0.15) is 5.76 Å². The summed E-state index contributed by atoms with van der Waals surface area (Å²) in [6, 6.07) is 9.41. The van der Waals surface area contributed by atoms with Crippen LogP contribution < -0.4 is 5.32 Å². The molecular weight excluding hydrogens is 352 g/mol. The Bertz CT molecular complexity index is 772. The number of ether oxygens (including phenoxy) is 2. The number of nitrogens with zero attached hydrogens (tertiary/aromatic N) is 1. The largest absolute Gasteiger partial charge is 0.467 e. The van der Waals surface area contributed by atoms with Crippen LogP contribution in [0.5, 0.6) is 0 Å².